The molecule has 7 heteroatoms. The van der Waals surface area contributed by atoms with E-state index in [2.05, 4.69) is 25.7 Å². The largest absolute Gasteiger partial charge is 0.392 e. The molecule has 2 heterocycles. The zero-order valence-corrected chi connectivity index (χ0v) is 30.5. The molecular weight excluding hydrogens is 624 g/mol. The maximum Gasteiger partial charge on any atom is 0.266 e. The first-order chi connectivity index (χ1) is 24.4. The minimum atomic E-state index is -0.682. The van der Waals surface area contributed by atoms with E-state index in [4.69, 9.17) is 9.47 Å². The van der Waals surface area contributed by atoms with E-state index < -0.39 is 6.29 Å². The van der Waals surface area contributed by atoms with Gasteiger partial charge >= 0.3 is 0 Å². The van der Waals surface area contributed by atoms with Crippen molar-refractivity contribution in [3.05, 3.63) is 101 Å². The predicted octanol–water partition coefficient (Wildman–Crippen LogP) is 9.79. The Hall–Kier alpha value is -3.36. The molecule has 1 fully saturated rings. The molecule has 1 N–H and O–H groups in total. The second kappa shape index (κ2) is 19.3. The number of hydrogen-bond acceptors (Lipinski definition) is 6. The van der Waals surface area contributed by atoms with Gasteiger partial charge in [0.25, 0.3) is 11.8 Å². The predicted molar refractivity (Wildman–Crippen MR) is 200 cm³/mol. The van der Waals surface area contributed by atoms with E-state index in [9.17, 15) is 14.7 Å². The number of carbonyl (C=O) groups excluding carboxylic acids is 2. The van der Waals surface area contributed by atoms with Crippen LogP contribution >= 0.6 is 0 Å². The zero-order chi connectivity index (χ0) is 35.3. The zero-order valence-electron chi connectivity index (χ0n) is 30.5. The van der Waals surface area contributed by atoms with E-state index in [1.807, 2.05) is 42.5 Å². The third-order valence-corrected chi connectivity index (χ3v) is 10.4. The summed E-state index contributed by atoms with van der Waals surface area (Å²) in [6.45, 7) is 9.67. The van der Waals surface area contributed by atoms with Gasteiger partial charge in [-0.05, 0) is 61.3 Å². The molecule has 0 radical (unpaired) electrons. The van der Waals surface area contributed by atoms with E-state index in [-0.39, 0.29) is 36.5 Å². The summed E-state index contributed by atoms with van der Waals surface area (Å²) in [6, 6.07) is 22.4. The van der Waals surface area contributed by atoms with Crippen molar-refractivity contribution in [1.29, 1.82) is 0 Å². The third-order valence-electron chi connectivity index (χ3n) is 10.4. The van der Waals surface area contributed by atoms with Crippen molar-refractivity contribution in [1.82, 2.24) is 4.90 Å². The molecule has 3 aromatic carbocycles. The second-order valence-electron chi connectivity index (χ2n) is 14.2. The Bertz CT molecular complexity index is 1460. The minimum Gasteiger partial charge on any atom is -0.392 e. The molecule has 50 heavy (non-hydrogen) atoms. The van der Waals surface area contributed by atoms with Crippen molar-refractivity contribution in [2.45, 2.75) is 123 Å². The number of benzene rings is 3. The molecular formula is C43H58N2O5. The number of fused-ring (bicyclic) bond motifs is 1. The molecule has 5 rings (SSSR count). The van der Waals surface area contributed by atoms with Crippen LogP contribution < -0.4 is 4.90 Å². The Morgan fingerprint density at radius 1 is 0.680 bits per heavy atom. The van der Waals surface area contributed by atoms with E-state index in [1.54, 1.807) is 30.3 Å². The average Bonchev–Trinajstić information content (AvgIpc) is 3.40. The van der Waals surface area contributed by atoms with Crippen molar-refractivity contribution >= 4 is 17.5 Å². The summed E-state index contributed by atoms with van der Waals surface area (Å²) in [4.78, 5) is 30.6. The number of hydrogen-bond donors (Lipinski definition) is 1. The Morgan fingerprint density at radius 3 is 1.84 bits per heavy atom. The van der Waals surface area contributed by atoms with Crippen molar-refractivity contribution < 1.29 is 24.2 Å². The van der Waals surface area contributed by atoms with Gasteiger partial charge in [0.15, 0.2) is 6.29 Å². The number of unbranched alkanes of at least 4 members (excludes halogenated alkanes) is 10. The molecule has 0 unspecified atom stereocenters. The van der Waals surface area contributed by atoms with Crippen LogP contribution in [0.1, 0.15) is 148 Å². The first kappa shape index (κ1) is 37.9. The van der Waals surface area contributed by atoms with E-state index in [0.29, 0.717) is 16.8 Å². The maximum absolute atomic E-state index is 13.3. The fraction of sp³-hybridized carbons (Fsp3) is 0.535. The number of amides is 2. The Balaban J connectivity index is 1.37. The highest BCUT2D eigenvalue weighted by Gasteiger charge is 2.40. The van der Waals surface area contributed by atoms with Crippen LogP contribution in [0.3, 0.4) is 0 Å². The lowest BCUT2D eigenvalue weighted by molar-refractivity contribution is -0.276. The summed E-state index contributed by atoms with van der Waals surface area (Å²) in [6.07, 6.45) is 14.2. The Labute approximate surface area is 300 Å². The summed E-state index contributed by atoms with van der Waals surface area (Å²) >= 11 is 0. The number of nitrogens with zero attached hydrogens (tertiary/aromatic N) is 2. The summed E-state index contributed by atoms with van der Waals surface area (Å²) in [7, 11) is 0. The molecule has 0 spiro atoms. The van der Waals surface area contributed by atoms with Gasteiger partial charge in [-0.15, -0.1) is 0 Å². The highest BCUT2D eigenvalue weighted by molar-refractivity contribution is 6.34. The quantitative estimate of drug-likeness (QED) is 0.0944. The summed E-state index contributed by atoms with van der Waals surface area (Å²) in [5.41, 5.74) is 4.02. The van der Waals surface area contributed by atoms with Gasteiger partial charge in [-0.25, -0.2) is 4.90 Å². The minimum absolute atomic E-state index is 0.00777. The van der Waals surface area contributed by atoms with Crippen LogP contribution in [0.25, 0.3) is 0 Å². The van der Waals surface area contributed by atoms with Gasteiger partial charge in [0.2, 0.25) is 0 Å². The number of imide groups is 1. The normalized spacial score (nSPS) is 20.5. The highest BCUT2D eigenvalue weighted by atomic mass is 16.7. The standard InChI is InChI=1S/C43H58N2O5/c1-4-6-8-10-12-16-27-44(28-17-13-11-9-7-5-2)30-39-32(3)40(34-25-23-33(31-46)24-26-34)50-43(49-39)35-19-18-20-36(29-35)45-41(47)37-21-14-15-22-38(37)42(45)48/h14-15,18-26,29,32,39-40,43,46H,4-13,16-17,27-28,30-31H2,1-3H3/t32-,39+,40+,43+/m1/s1. The van der Waals surface area contributed by atoms with Gasteiger partial charge in [0.1, 0.15) is 0 Å². The molecule has 4 atom stereocenters. The van der Waals surface area contributed by atoms with Crippen LogP contribution in [0.2, 0.25) is 0 Å². The Morgan fingerprint density at radius 2 is 1.26 bits per heavy atom. The number of rotatable bonds is 20. The molecule has 0 aliphatic carbocycles. The lowest BCUT2D eigenvalue weighted by Gasteiger charge is -2.43. The number of aliphatic hydroxyl groups is 1. The van der Waals surface area contributed by atoms with Crippen LogP contribution in [0.15, 0.2) is 72.8 Å². The van der Waals surface area contributed by atoms with Crippen molar-refractivity contribution in [3.8, 4) is 0 Å². The number of carbonyl (C=O) groups is 2. The molecule has 7 nitrogen and oxygen atoms in total. The van der Waals surface area contributed by atoms with Crippen molar-refractivity contribution in [3.63, 3.8) is 0 Å². The van der Waals surface area contributed by atoms with E-state index in [1.165, 1.54) is 81.9 Å². The summed E-state index contributed by atoms with van der Waals surface area (Å²) < 4.78 is 13.6. The van der Waals surface area contributed by atoms with E-state index >= 15 is 0 Å². The lowest BCUT2D eigenvalue weighted by atomic mass is 9.90. The van der Waals surface area contributed by atoms with Gasteiger partial charge in [0, 0.05) is 18.0 Å². The molecule has 2 aliphatic rings. The highest BCUT2D eigenvalue weighted by Crippen LogP contribution is 2.43. The van der Waals surface area contributed by atoms with Crippen LogP contribution in [0.5, 0.6) is 0 Å². The number of anilines is 1. The number of aliphatic hydroxyl groups excluding tert-OH is 1. The SMILES string of the molecule is CCCCCCCCN(CCCCCCCC)C[C@@H]1O[C@H](c2cccc(N3C(=O)c4ccccc4C3=O)c2)O[C@H](c2ccc(CO)cc2)[C@@H]1C. The molecule has 0 aromatic heterocycles. The molecule has 2 amide bonds. The van der Waals surface area contributed by atoms with Crippen LogP contribution in [-0.2, 0) is 16.1 Å². The lowest BCUT2D eigenvalue weighted by Crippen LogP contribution is -2.45. The van der Waals surface area contributed by atoms with E-state index in [0.717, 1.165) is 36.3 Å². The van der Waals surface area contributed by atoms with Crippen LogP contribution in [0, 0.1) is 5.92 Å². The average molecular weight is 683 g/mol. The third kappa shape index (κ3) is 9.70. The first-order valence-corrected chi connectivity index (χ1v) is 19.3. The topological polar surface area (TPSA) is 79.3 Å². The molecule has 1 saturated heterocycles. The monoisotopic (exact) mass is 682 g/mol. The van der Waals surface area contributed by atoms with Gasteiger partial charge in [-0.1, -0.05) is 134 Å². The maximum atomic E-state index is 13.3. The molecule has 2 aliphatic heterocycles. The van der Waals surface area contributed by atoms with Gasteiger partial charge in [-0.2, -0.15) is 0 Å². The Kier molecular flexibility index (Phi) is 14.6. The molecule has 3 aromatic rings. The van der Waals surface area contributed by atoms with Crippen molar-refractivity contribution in [2.24, 2.45) is 5.92 Å². The summed E-state index contributed by atoms with van der Waals surface area (Å²) in [5, 5.41) is 9.69. The second-order valence-corrected chi connectivity index (χ2v) is 14.2. The molecule has 0 saturated carbocycles. The van der Waals surface area contributed by atoms with Crippen LogP contribution in [0.4, 0.5) is 5.69 Å². The fourth-order valence-electron chi connectivity index (χ4n) is 7.34. The van der Waals surface area contributed by atoms with Crippen LogP contribution in [-0.4, -0.2) is 47.6 Å². The molecule has 0 bridgehead atoms. The first-order valence-electron chi connectivity index (χ1n) is 19.3. The van der Waals surface area contributed by atoms with Gasteiger partial charge < -0.3 is 19.5 Å². The molecule has 270 valence electrons. The smallest absolute Gasteiger partial charge is 0.266 e. The van der Waals surface area contributed by atoms with Crippen molar-refractivity contribution in [2.75, 3.05) is 24.5 Å². The number of ether oxygens (including phenoxy) is 2. The van der Waals surface area contributed by atoms with Gasteiger partial charge in [-0.3, -0.25) is 9.59 Å². The van der Waals surface area contributed by atoms with Gasteiger partial charge in [0.05, 0.1) is 35.6 Å². The fourth-order valence-corrected chi connectivity index (χ4v) is 7.34. The summed E-state index contributed by atoms with van der Waals surface area (Å²) in [5.74, 6) is -0.564.